The second-order valence-electron chi connectivity index (χ2n) is 4.87. The fraction of sp³-hybridized carbons (Fsp3) is 0.294. The number of carbonyl (C=O) groups excluding carboxylic acids is 1. The van der Waals surface area contributed by atoms with Gasteiger partial charge in [-0.15, -0.1) is 0 Å². The second kappa shape index (κ2) is 7.55. The lowest BCUT2D eigenvalue weighted by molar-refractivity contribution is -0.142. The van der Waals surface area contributed by atoms with Gasteiger partial charge in [0.15, 0.2) is 0 Å². The predicted octanol–water partition coefficient (Wildman–Crippen LogP) is 2.69. The number of methoxy groups -OCH3 is 1. The van der Waals surface area contributed by atoms with Crippen molar-refractivity contribution in [3.8, 4) is 0 Å². The molecule has 0 saturated carbocycles. The van der Waals surface area contributed by atoms with E-state index in [2.05, 4.69) is 10.3 Å². The third-order valence-electron chi connectivity index (χ3n) is 3.45. The van der Waals surface area contributed by atoms with E-state index in [4.69, 9.17) is 4.74 Å². The number of benzene rings is 1. The van der Waals surface area contributed by atoms with Gasteiger partial charge in [-0.25, -0.2) is 0 Å². The summed E-state index contributed by atoms with van der Waals surface area (Å²) >= 11 is 0. The summed E-state index contributed by atoms with van der Waals surface area (Å²) in [5.41, 5.74) is 1.90. The Hall–Kier alpha value is -2.20. The Kier molecular flexibility index (Phi) is 5.46. The standard InChI is InChI=1S/C17H20N2O2/c1-13(16-10-6-7-11-18-16)19-12-15(17(20)21-2)14-8-4-3-5-9-14/h3-11,13,15,19H,12H2,1-2H3. The van der Waals surface area contributed by atoms with Crippen molar-refractivity contribution in [2.24, 2.45) is 0 Å². The molecule has 1 aromatic heterocycles. The number of nitrogens with zero attached hydrogens (tertiary/aromatic N) is 1. The zero-order valence-electron chi connectivity index (χ0n) is 12.3. The Labute approximate surface area is 125 Å². The Morgan fingerprint density at radius 3 is 2.52 bits per heavy atom. The van der Waals surface area contributed by atoms with Crippen LogP contribution in [-0.2, 0) is 9.53 Å². The molecule has 2 aromatic rings. The van der Waals surface area contributed by atoms with E-state index in [-0.39, 0.29) is 17.9 Å². The van der Waals surface area contributed by atoms with Gasteiger partial charge in [0.05, 0.1) is 18.7 Å². The fourth-order valence-corrected chi connectivity index (χ4v) is 2.20. The van der Waals surface area contributed by atoms with E-state index in [1.54, 1.807) is 6.20 Å². The molecule has 110 valence electrons. The Balaban J connectivity index is 2.05. The van der Waals surface area contributed by atoms with Gasteiger partial charge >= 0.3 is 5.97 Å². The summed E-state index contributed by atoms with van der Waals surface area (Å²) in [6.07, 6.45) is 1.77. The minimum Gasteiger partial charge on any atom is -0.469 e. The zero-order valence-corrected chi connectivity index (χ0v) is 12.3. The summed E-state index contributed by atoms with van der Waals surface area (Å²) in [7, 11) is 1.42. The number of hydrogen-bond acceptors (Lipinski definition) is 4. The molecule has 4 nitrogen and oxygen atoms in total. The summed E-state index contributed by atoms with van der Waals surface area (Å²) in [5, 5.41) is 3.35. The molecule has 4 heteroatoms. The molecule has 2 rings (SSSR count). The molecule has 0 radical (unpaired) electrons. The van der Waals surface area contributed by atoms with Crippen LogP contribution in [0.3, 0.4) is 0 Å². The Bertz CT molecular complexity index is 558. The monoisotopic (exact) mass is 284 g/mol. The van der Waals surface area contributed by atoms with Crippen LogP contribution in [0.4, 0.5) is 0 Å². The first-order valence-corrected chi connectivity index (χ1v) is 6.99. The summed E-state index contributed by atoms with van der Waals surface area (Å²) < 4.78 is 4.91. The van der Waals surface area contributed by atoms with Crippen molar-refractivity contribution in [1.82, 2.24) is 10.3 Å². The van der Waals surface area contributed by atoms with E-state index < -0.39 is 0 Å². The van der Waals surface area contributed by atoms with Crippen molar-refractivity contribution in [1.29, 1.82) is 0 Å². The number of hydrogen-bond donors (Lipinski definition) is 1. The average molecular weight is 284 g/mol. The second-order valence-corrected chi connectivity index (χ2v) is 4.87. The Morgan fingerprint density at radius 1 is 1.19 bits per heavy atom. The normalized spacial score (nSPS) is 13.4. The topological polar surface area (TPSA) is 51.2 Å². The first-order valence-electron chi connectivity index (χ1n) is 6.99. The Morgan fingerprint density at radius 2 is 1.90 bits per heavy atom. The summed E-state index contributed by atoms with van der Waals surface area (Å²) in [5.74, 6) is -0.552. The molecular formula is C17H20N2O2. The number of carbonyl (C=O) groups is 1. The van der Waals surface area contributed by atoms with E-state index in [9.17, 15) is 4.79 Å². The van der Waals surface area contributed by atoms with E-state index in [1.807, 2.05) is 55.5 Å². The number of aromatic nitrogens is 1. The fourth-order valence-electron chi connectivity index (χ4n) is 2.20. The van der Waals surface area contributed by atoms with Crippen molar-refractivity contribution >= 4 is 5.97 Å². The molecule has 2 unspecified atom stereocenters. The van der Waals surface area contributed by atoms with Crippen LogP contribution >= 0.6 is 0 Å². The van der Waals surface area contributed by atoms with Gasteiger partial charge in [-0.3, -0.25) is 9.78 Å². The van der Waals surface area contributed by atoms with Gasteiger partial charge in [0.1, 0.15) is 0 Å². The molecule has 0 saturated heterocycles. The first-order chi connectivity index (χ1) is 10.2. The number of esters is 1. The number of rotatable bonds is 6. The summed E-state index contributed by atoms with van der Waals surface area (Å²) in [6, 6.07) is 15.5. The van der Waals surface area contributed by atoms with Gasteiger partial charge < -0.3 is 10.1 Å². The van der Waals surface area contributed by atoms with Crippen molar-refractivity contribution in [3.05, 3.63) is 66.0 Å². The molecule has 0 amide bonds. The molecule has 1 N–H and O–H groups in total. The lowest BCUT2D eigenvalue weighted by Crippen LogP contribution is -2.30. The lowest BCUT2D eigenvalue weighted by Gasteiger charge is -2.19. The van der Waals surface area contributed by atoms with Crippen molar-refractivity contribution in [3.63, 3.8) is 0 Å². The number of ether oxygens (including phenoxy) is 1. The van der Waals surface area contributed by atoms with E-state index in [0.29, 0.717) is 6.54 Å². The third kappa shape index (κ3) is 4.13. The summed E-state index contributed by atoms with van der Waals surface area (Å²) in [6.45, 7) is 2.54. The highest BCUT2D eigenvalue weighted by molar-refractivity contribution is 5.78. The molecule has 0 bridgehead atoms. The molecule has 0 aliphatic rings. The van der Waals surface area contributed by atoms with Crippen molar-refractivity contribution < 1.29 is 9.53 Å². The maximum absolute atomic E-state index is 12.0. The molecule has 0 fully saturated rings. The number of pyridine rings is 1. The molecule has 1 heterocycles. The van der Waals surface area contributed by atoms with Gasteiger partial charge in [0.2, 0.25) is 0 Å². The van der Waals surface area contributed by atoms with Gasteiger partial charge in [-0.2, -0.15) is 0 Å². The van der Waals surface area contributed by atoms with Gasteiger partial charge in [0, 0.05) is 18.8 Å². The highest BCUT2D eigenvalue weighted by atomic mass is 16.5. The van der Waals surface area contributed by atoms with Crippen LogP contribution in [0.2, 0.25) is 0 Å². The maximum Gasteiger partial charge on any atom is 0.314 e. The summed E-state index contributed by atoms with van der Waals surface area (Å²) in [4.78, 5) is 16.3. The smallest absolute Gasteiger partial charge is 0.314 e. The predicted molar refractivity (Wildman–Crippen MR) is 81.9 cm³/mol. The van der Waals surface area contributed by atoms with Crippen LogP contribution in [0.1, 0.15) is 30.1 Å². The van der Waals surface area contributed by atoms with Crippen molar-refractivity contribution in [2.75, 3.05) is 13.7 Å². The zero-order chi connectivity index (χ0) is 15.1. The van der Waals surface area contributed by atoms with Crippen molar-refractivity contribution in [2.45, 2.75) is 18.9 Å². The van der Waals surface area contributed by atoms with Crippen LogP contribution in [0.25, 0.3) is 0 Å². The molecular weight excluding hydrogens is 264 g/mol. The van der Waals surface area contributed by atoms with Gasteiger partial charge in [-0.1, -0.05) is 36.4 Å². The molecule has 0 aliphatic heterocycles. The lowest BCUT2D eigenvalue weighted by atomic mass is 9.99. The van der Waals surface area contributed by atoms with Crippen LogP contribution in [-0.4, -0.2) is 24.6 Å². The van der Waals surface area contributed by atoms with Crippen LogP contribution in [0.5, 0.6) is 0 Å². The highest BCUT2D eigenvalue weighted by Crippen LogP contribution is 2.18. The molecule has 0 spiro atoms. The van der Waals surface area contributed by atoms with Gasteiger partial charge in [-0.05, 0) is 24.6 Å². The molecule has 2 atom stereocenters. The minimum atomic E-state index is -0.317. The van der Waals surface area contributed by atoms with Gasteiger partial charge in [0.25, 0.3) is 0 Å². The third-order valence-corrected chi connectivity index (χ3v) is 3.45. The van der Waals surface area contributed by atoms with E-state index >= 15 is 0 Å². The molecule has 1 aromatic carbocycles. The largest absolute Gasteiger partial charge is 0.469 e. The molecule has 0 aliphatic carbocycles. The van der Waals surface area contributed by atoms with Crippen LogP contribution < -0.4 is 5.32 Å². The SMILES string of the molecule is COC(=O)C(CNC(C)c1ccccn1)c1ccccc1. The first kappa shape index (κ1) is 15.2. The maximum atomic E-state index is 12.0. The average Bonchev–Trinajstić information content (AvgIpc) is 2.56. The quantitative estimate of drug-likeness (QED) is 0.829. The molecule has 21 heavy (non-hydrogen) atoms. The van der Waals surface area contributed by atoms with Crippen LogP contribution in [0, 0.1) is 0 Å². The number of nitrogens with one attached hydrogen (secondary N) is 1. The highest BCUT2D eigenvalue weighted by Gasteiger charge is 2.22. The minimum absolute atomic E-state index is 0.0714. The van der Waals surface area contributed by atoms with Crippen LogP contribution in [0.15, 0.2) is 54.7 Å². The van der Waals surface area contributed by atoms with E-state index in [0.717, 1.165) is 11.3 Å². The van der Waals surface area contributed by atoms with E-state index in [1.165, 1.54) is 7.11 Å².